The molecule has 0 spiro atoms. The van der Waals surface area contributed by atoms with E-state index in [9.17, 15) is 0 Å². The van der Waals surface area contributed by atoms with Crippen molar-refractivity contribution in [2.75, 3.05) is 56.6 Å². The molecule has 6 nitrogen and oxygen atoms in total. The molecule has 3 heterocycles. The zero-order chi connectivity index (χ0) is 16.9. The highest BCUT2D eigenvalue weighted by Gasteiger charge is 2.19. The zero-order valence-electron chi connectivity index (χ0n) is 14.8. The van der Waals surface area contributed by atoms with Crippen molar-refractivity contribution in [1.82, 2.24) is 19.9 Å². The molecule has 3 rings (SSSR count). The molecule has 0 amide bonds. The van der Waals surface area contributed by atoms with Crippen LogP contribution in [0.5, 0.6) is 0 Å². The Balaban J connectivity index is 1.55. The number of nitrogens with zero attached hydrogens (tertiary/aromatic N) is 6. The summed E-state index contributed by atoms with van der Waals surface area (Å²) in [5.41, 5.74) is 2.18. The van der Waals surface area contributed by atoms with E-state index in [4.69, 9.17) is 0 Å². The summed E-state index contributed by atoms with van der Waals surface area (Å²) >= 11 is 0. The Labute approximate surface area is 144 Å². The van der Waals surface area contributed by atoms with Crippen molar-refractivity contribution in [3.05, 3.63) is 41.9 Å². The van der Waals surface area contributed by atoms with E-state index >= 15 is 0 Å². The quantitative estimate of drug-likeness (QED) is 0.832. The summed E-state index contributed by atoms with van der Waals surface area (Å²) in [4.78, 5) is 20.5. The molecule has 1 aliphatic rings. The highest BCUT2D eigenvalue weighted by Crippen LogP contribution is 2.17. The van der Waals surface area contributed by atoms with Gasteiger partial charge in [0.25, 0.3) is 0 Å². The molecule has 2 aromatic heterocycles. The third-order valence-corrected chi connectivity index (χ3v) is 4.35. The first-order valence-corrected chi connectivity index (χ1v) is 8.52. The summed E-state index contributed by atoms with van der Waals surface area (Å²) in [6.45, 7) is 7.11. The van der Waals surface area contributed by atoms with Gasteiger partial charge >= 0.3 is 0 Å². The molecule has 128 valence electrons. The maximum Gasteiger partial charge on any atom is 0.227 e. The molecule has 0 aliphatic carbocycles. The number of anilines is 2. The first-order chi connectivity index (χ1) is 11.6. The average Bonchev–Trinajstić information content (AvgIpc) is 2.61. The van der Waals surface area contributed by atoms with E-state index in [1.807, 2.05) is 44.2 Å². The molecule has 0 bridgehead atoms. The van der Waals surface area contributed by atoms with Crippen molar-refractivity contribution >= 4 is 11.8 Å². The molecule has 6 heteroatoms. The van der Waals surface area contributed by atoms with E-state index in [2.05, 4.69) is 36.9 Å². The second-order valence-corrected chi connectivity index (χ2v) is 6.46. The topological polar surface area (TPSA) is 48.4 Å². The van der Waals surface area contributed by atoms with Gasteiger partial charge in [-0.15, -0.1) is 0 Å². The summed E-state index contributed by atoms with van der Waals surface area (Å²) in [6.07, 6.45) is 2.87. The van der Waals surface area contributed by atoms with Crippen LogP contribution in [0.1, 0.15) is 11.4 Å². The predicted octanol–water partition coefficient (Wildman–Crippen LogP) is 1.61. The molecule has 0 unspecified atom stereocenters. The molecule has 1 saturated heterocycles. The van der Waals surface area contributed by atoms with Crippen LogP contribution in [0.25, 0.3) is 0 Å². The Morgan fingerprint density at radius 3 is 2.54 bits per heavy atom. The van der Waals surface area contributed by atoms with Crippen molar-refractivity contribution in [1.29, 1.82) is 0 Å². The first kappa shape index (κ1) is 16.6. The third kappa shape index (κ3) is 4.20. The van der Waals surface area contributed by atoms with Gasteiger partial charge in [-0.2, -0.15) is 4.98 Å². The molecule has 1 aliphatic heterocycles. The van der Waals surface area contributed by atoms with Gasteiger partial charge in [-0.1, -0.05) is 6.07 Å². The number of hydrogen-bond acceptors (Lipinski definition) is 6. The van der Waals surface area contributed by atoms with E-state index in [-0.39, 0.29) is 0 Å². The zero-order valence-corrected chi connectivity index (χ0v) is 14.8. The lowest BCUT2D eigenvalue weighted by molar-refractivity contribution is 0.259. The van der Waals surface area contributed by atoms with Crippen LogP contribution in [0.4, 0.5) is 11.8 Å². The molecule has 2 aromatic rings. The first-order valence-electron chi connectivity index (χ1n) is 8.52. The summed E-state index contributed by atoms with van der Waals surface area (Å²) in [7, 11) is 4.03. The summed E-state index contributed by atoms with van der Waals surface area (Å²) in [5.74, 6) is 1.82. The lowest BCUT2D eigenvalue weighted by Crippen LogP contribution is -2.47. The Morgan fingerprint density at radius 2 is 1.88 bits per heavy atom. The van der Waals surface area contributed by atoms with Crippen molar-refractivity contribution in [2.24, 2.45) is 0 Å². The van der Waals surface area contributed by atoms with Crippen LogP contribution in [-0.2, 0) is 6.42 Å². The van der Waals surface area contributed by atoms with Crippen LogP contribution < -0.4 is 9.80 Å². The van der Waals surface area contributed by atoms with Crippen LogP contribution >= 0.6 is 0 Å². The fraction of sp³-hybridized carbons (Fsp3) is 0.500. The molecule has 0 saturated carbocycles. The minimum atomic E-state index is 0.850. The minimum absolute atomic E-state index is 0.850. The lowest BCUT2D eigenvalue weighted by Gasteiger charge is -2.35. The molecule has 0 radical (unpaired) electrons. The third-order valence-electron chi connectivity index (χ3n) is 4.35. The van der Waals surface area contributed by atoms with Crippen molar-refractivity contribution < 1.29 is 0 Å². The number of piperazine rings is 1. The van der Waals surface area contributed by atoms with Crippen LogP contribution in [0.15, 0.2) is 30.5 Å². The van der Waals surface area contributed by atoms with Gasteiger partial charge in [0.1, 0.15) is 5.82 Å². The van der Waals surface area contributed by atoms with Crippen LogP contribution in [-0.4, -0.2) is 66.7 Å². The second-order valence-electron chi connectivity index (χ2n) is 6.46. The second kappa shape index (κ2) is 7.57. The monoisotopic (exact) mass is 326 g/mol. The van der Waals surface area contributed by atoms with E-state index in [1.165, 1.54) is 0 Å². The van der Waals surface area contributed by atoms with Crippen molar-refractivity contribution in [3.63, 3.8) is 0 Å². The molecule has 0 atom stereocenters. The number of aryl methyl sites for hydroxylation is 1. The standard InChI is InChI=1S/C18H26N6/c1-15-14-17(22(2)3)21-18(20-15)24-12-10-23(11-13-24)9-7-16-6-4-5-8-19-16/h4-6,8,14H,7,9-13H2,1-3H3. The largest absolute Gasteiger partial charge is 0.363 e. The lowest BCUT2D eigenvalue weighted by atomic mass is 10.2. The molecule has 24 heavy (non-hydrogen) atoms. The van der Waals surface area contributed by atoms with Gasteiger partial charge in [-0.3, -0.25) is 9.88 Å². The van der Waals surface area contributed by atoms with Gasteiger partial charge in [-0.05, 0) is 19.1 Å². The van der Waals surface area contributed by atoms with Gasteiger partial charge < -0.3 is 9.80 Å². The SMILES string of the molecule is Cc1cc(N(C)C)nc(N2CCN(CCc3ccccn3)CC2)n1. The highest BCUT2D eigenvalue weighted by atomic mass is 15.3. The maximum absolute atomic E-state index is 4.69. The number of pyridine rings is 1. The van der Waals surface area contributed by atoms with E-state index < -0.39 is 0 Å². The number of hydrogen-bond donors (Lipinski definition) is 0. The summed E-state index contributed by atoms with van der Waals surface area (Å²) in [5, 5.41) is 0. The van der Waals surface area contributed by atoms with E-state index in [0.29, 0.717) is 0 Å². The van der Waals surface area contributed by atoms with Crippen molar-refractivity contribution in [2.45, 2.75) is 13.3 Å². The van der Waals surface area contributed by atoms with Crippen LogP contribution in [0.3, 0.4) is 0 Å². The molecule has 0 N–H and O–H groups in total. The fourth-order valence-corrected chi connectivity index (χ4v) is 2.90. The van der Waals surface area contributed by atoms with Gasteiger partial charge in [0.15, 0.2) is 0 Å². The van der Waals surface area contributed by atoms with Crippen LogP contribution in [0.2, 0.25) is 0 Å². The van der Waals surface area contributed by atoms with Gasteiger partial charge in [0, 0.05) is 76.9 Å². The highest BCUT2D eigenvalue weighted by molar-refractivity contribution is 5.45. The minimum Gasteiger partial charge on any atom is -0.363 e. The average molecular weight is 326 g/mol. The summed E-state index contributed by atoms with van der Waals surface area (Å²) in [6, 6.07) is 8.13. The van der Waals surface area contributed by atoms with Crippen molar-refractivity contribution in [3.8, 4) is 0 Å². The Bertz CT molecular complexity index is 650. The molecule has 1 fully saturated rings. The molecular weight excluding hydrogens is 300 g/mol. The smallest absolute Gasteiger partial charge is 0.227 e. The number of aromatic nitrogens is 3. The maximum atomic E-state index is 4.69. The Morgan fingerprint density at radius 1 is 1.08 bits per heavy atom. The van der Waals surface area contributed by atoms with Gasteiger partial charge in [0.05, 0.1) is 0 Å². The van der Waals surface area contributed by atoms with E-state index in [1.54, 1.807) is 0 Å². The fourth-order valence-electron chi connectivity index (χ4n) is 2.90. The van der Waals surface area contributed by atoms with Crippen LogP contribution in [0, 0.1) is 6.92 Å². The normalized spacial score (nSPS) is 15.5. The van der Waals surface area contributed by atoms with Gasteiger partial charge in [-0.25, -0.2) is 4.98 Å². The molecule has 0 aromatic carbocycles. The van der Waals surface area contributed by atoms with Gasteiger partial charge in [0.2, 0.25) is 5.95 Å². The van der Waals surface area contributed by atoms with E-state index in [0.717, 1.165) is 62.3 Å². The Hall–Kier alpha value is -2.21. The molecular formula is C18H26N6. The predicted molar refractivity (Wildman–Crippen MR) is 97.7 cm³/mol. The number of rotatable bonds is 5. The Kier molecular flexibility index (Phi) is 5.25. The summed E-state index contributed by atoms with van der Waals surface area (Å²) < 4.78 is 0.